The molecule has 2 nitrogen and oxygen atoms in total. The molecule has 1 saturated carbocycles. The van der Waals surface area contributed by atoms with Crippen LogP contribution in [-0.2, 0) is 0 Å². The second kappa shape index (κ2) is 9.78. The smallest absolute Gasteiger partial charge is 0.144 e. The summed E-state index contributed by atoms with van der Waals surface area (Å²) in [5, 5.41) is 1.94. The van der Waals surface area contributed by atoms with E-state index in [1.807, 2.05) is 60.7 Å². The molecule has 0 aliphatic heterocycles. The van der Waals surface area contributed by atoms with Gasteiger partial charge in [0.25, 0.3) is 0 Å². The number of rotatable bonds is 4. The van der Waals surface area contributed by atoms with Crippen LogP contribution in [0, 0.1) is 12.3 Å². The number of hydrogen-bond acceptors (Lipinski definition) is 2. The summed E-state index contributed by atoms with van der Waals surface area (Å²) >= 11 is 0. The van der Waals surface area contributed by atoms with Gasteiger partial charge in [0.1, 0.15) is 11.2 Å². The highest BCUT2D eigenvalue weighted by Crippen LogP contribution is 2.43. The summed E-state index contributed by atoms with van der Waals surface area (Å²) in [4.78, 5) is 4.64. The molecule has 7 rings (SSSR count). The third-order valence-electron chi connectivity index (χ3n) is 8.51. The molecule has 0 radical (unpaired) electrons. The van der Waals surface area contributed by atoms with Crippen molar-refractivity contribution in [1.29, 1.82) is 0 Å². The van der Waals surface area contributed by atoms with Crippen LogP contribution >= 0.6 is 0 Å². The predicted molar refractivity (Wildman–Crippen MR) is 168 cm³/mol. The maximum Gasteiger partial charge on any atom is 0.144 e. The van der Waals surface area contributed by atoms with Gasteiger partial charge in [0.2, 0.25) is 0 Å². The van der Waals surface area contributed by atoms with E-state index >= 15 is 0 Å². The van der Waals surface area contributed by atoms with Gasteiger partial charge in [0.15, 0.2) is 0 Å². The van der Waals surface area contributed by atoms with Crippen molar-refractivity contribution >= 4 is 21.9 Å². The molecule has 0 unspecified atom stereocenters. The molecule has 2 aromatic heterocycles. The van der Waals surface area contributed by atoms with E-state index in [-0.39, 0.29) is 17.0 Å². The third-order valence-corrected chi connectivity index (χ3v) is 8.51. The fourth-order valence-electron chi connectivity index (χ4n) is 6.02. The van der Waals surface area contributed by atoms with Gasteiger partial charge in [-0.05, 0) is 83.8 Å². The van der Waals surface area contributed by atoms with E-state index in [2.05, 4.69) is 37.0 Å². The summed E-state index contributed by atoms with van der Waals surface area (Å²) in [5.74, 6) is -0.740. The largest absolute Gasteiger partial charge is 0.455 e. The first kappa shape index (κ1) is 19.8. The Hall–Kier alpha value is -4.17. The van der Waals surface area contributed by atoms with Crippen molar-refractivity contribution in [3.8, 4) is 33.5 Å². The van der Waals surface area contributed by atoms with E-state index < -0.39 is 12.7 Å². The van der Waals surface area contributed by atoms with Crippen LogP contribution in [0.15, 0.2) is 108 Å². The van der Waals surface area contributed by atoms with Gasteiger partial charge in [-0.2, -0.15) is 0 Å². The molecule has 2 heteroatoms. The molecular formula is C38H35NO. The van der Waals surface area contributed by atoms with Crippen molar-refractivity contribution in [1.82, 2.24) is 4.98 Å². The van der Waals surface area contributed by atoms with Crippen molar-refractivity contribution in [2.75, 3.05) is 0 Å². The number of aromatic nitrogens is 1. The zero-order valence-electron chi connectivity index (χ0n) is 27.9. The summed E-state index contributed by atoms with van der Waals surface area (Å²) in [6, 6.07) is 29.7. The Labute approximate surface area is 243 Å². The Morgan fingerprint density at radius 3 is 2.25 bits per heavy atom. The molecule has 198 valence electrons. The fourth-order valence-corrected chi connectivity index (χ4v) is 6.02. The number of aryl methyl sites for hydroxylation is 1. The SMILES string of the molecule is [2H]c1cc(C2([2H])CCC(C)(C)CC2)ccc1-c1cc(-c2cccc3c2oc2c(-c4ccccc4)cccc23)ncc1C([2H])([2H])[2H]. The Kier molecular flexibility index (Phi) is 4.85. The average molecular weight is 527 g/mol. The number of nitrogens with zero attached hydrogens (tertiary/aromatic N) is 1. The normalized spacial score (nSPS) is 18.5. The minimum atomic E-state index is -2.42. The van der Waals surface area contributed by atoms with Crippen LogP contribution in [-0.4, -0.2) is 4.98 Å². The van der Waals surface area contributed by atoms with E-state index in [4.69, 9.17) is 9.90 Å². The quantitative estimate of drug-likeness (QED) is 0.228. The Balaban J connectivity index is 1.36. The monoisotopic (exact) mass is 526 g/mol. The molecular weight excluding hydrogens is 486 g/mol. The highest BCUT2D eigenvalue weighted by Gasteiger charge is 2.27. The Bertz CT molecular complexity index is 2050. The molecule has 2 heterocycles. The maximum atomic E-state index is 9.20. The molecule has 1 aliphatic carbocycles. The van der Waals surface area contributed by atoms with Gasteiger partial charge in [-0.15, -0.1) is 0 Å². The van der Waals surface area contributed by atoms with Gasteiger partial charge in [-0.1, -0.05) is 98.8 Å². The van der Waals surface area contributed by atoms with E-state index in [9.17, 15) is 1.37 Å². The predicted octanol–water partition coefficient (Wildman–Crippen LogP) is 11.0. The van der Waals surface area contributed by atoms with Crippen molar-refractivity contribution in [3.05, 3.63) is 114 Å². The number of pyridine rings is 1. The number of furan rings is 1. The van der Waals surface area contributed by atoms with E-state index in [1.165, 1.54) is 6.20 Å². The molecule has 0 spiro atoms. The zero-order valence-corrected chi connectivity index (χ0v) is 22.9. The number of benzene rings is 4. The van der Waals surface area contributed by atoms with Crippen LogP contribution in [0.3, 0.4) is 0 Å². The van der Waals surface area contributed by atoms with Crippen LogP contribution in [0.2, 0.25) is 0 Å². The van der Waals surface area contributed by atoms with Gasteiger partial charge < -0.3 is 4.42 Å². The Morgan fingerprint density at radius 1 is 0.800 bits per heavy atom. The van der Waals surface area contributed by atoms with Crippen molar-refractivity contribution < 1.29 is 11.3 Å². The molecule has 0 amide bonds. The molecule has 6 aromatic rings. The second-order valence-electron chi connectivity index (χ2n) is 11.7. The number of hydrogen-bond donors (Lipinski definition) is 0. The van der Waals surface area contributed by atoms with Crippen LogP contribution in [0.5, 0.6) is 0 Å². The van der Waals surface area contributed by atoms with E-state index in [1.54, 1.807) is 12.1 Å². The van der Waals surface area contributed by atoms with Crippen LogP contribution in [0.4, 0.5) is 0 Å². The standard InChI is InChI=1S/C38H35NO/c1-25-24-39-35(23-34(25)29-17-15-26(16-18-29)27-19-21-38(2,3)22-20-27)33-14-8-13-32-31-12-7-11-30(36(31)40-37(32)33)28-9-5-4-6-10-28/h4-18,23-24,27H,19-22H2,1-3H3/i1D3,17D,27D. The van der Waals surface area contributed by atoms with Crippen LogP contribution in [0.25, 0.3) is 55.4 Å². The second-order valence-corrected chi connectivity index (χ2v) is 11.7. The average Bonchev–Trinajstić information content (AvgIpc) is 3.41. The summed E-state index contributed by atoms with van der Waals surface area (Å²) in [6.07, 6.45) is 4.82. The summed E-state index contributed by atoms with van der Waals surface area (Å²) < 4.78 is 49.6. The first-order valence-corrected chi connectivity index (χ1v) is 14.1. The molecule has 1 aliphatic rings. The van der Waals surface area contributed by atoms with Gasteiger partial charge in [0.05, 0.1) is 7.06 Å². The molecule has 40 heavy (non-hydrogen) atoms. The molecule has 1 fully saturated rings. The van der Waals surface area contributed by atoms with Crippen molar-refractivity contribution in [3.63, 3.8) is 0 Å². The summed E-state index contributed by atoms with van der Waals surface area (Å²) in [5.41, 5.74) is 6.92. The summed E-state index contributed by atoms with van der Waals surface area (Å²) in [6.45, 7) is 2.07. The van der Waals surface area contributed by atoms with Crippen molar-refractivity contribution in [2.45, 2.75) is 52.3 Å². The minimum absolute atomic E-state index is 0.0932. The number of fused-ring (bicyclic) bond motifs is 3. The minimum Gasteiger partial charge on any atom is -0.455 e. The van der Waals surface area contributed by atoms with Crippen LogP contribution < -0.4 is 0 Å². The molecule has 0 N–H and O–H groups in total. The van der Waals surface area contributed by atoms with Gasteiger partial charge in [-0.3, -0.25) is 4.98 Å². The topological polar surface area (TPSA) is 26.0 Å². The maximum absolute atomic E-state index is 9.20. The first-order valence-electron chi connectivity index (χ1n) is 16.6. The highest BCUT2D eigenvalue weighted by atomic mass is 16.3. The lowest BCUT2D eigenvalue weighted by Gasteiger charge is -2.34. The van der Waals surface area contributed by atoms with Gasteiger partial charge in [-0.25, -0.2) is 0 Å². The highest BCUT2D eigenvalue weighted by molar-refractivity contribution is 6.12. The Morgan fingerprint density at radius 2 is 1.52 bits per heavy atom. The first-order chi connectivity index (χ1) is 21.4. The summed E-state index contributed by atoms with van der Waals surface area (Å²) in [7, 11) is 0. The zero-order chi connectivity index (χ0) is 31.6. The molecule has 0 saturated heterocycles. The molecule has 0 atom stereocenters. The molecule has 4 aromatic carbocycles. The molecule has 0 bridgehead atoms. The third kappa shape index (κ3) is 4.42. The lowest BCUT2D eigenvalue weighted by atomic mass is 9.71. The fraction of sp³-hybridized carbons (Fsp3) is 0.237. The lowest BCUT2D eigenvalue weighted by Crippen LogP contribution is -2.20. The lowest BCUT2D eigenvalue weighted by molar-refractivity contribution is 0.224. The number of para-hydroxylation sites is 2. The van der Waals surface area contributed by atoms with E-state index in [0.29, 0.717) is 22.4 Å². The van der Waals surface area contributed by atoms with Gasteiger partial charge >= 0.3 is 0 Å². The van der Waals surface area contributed by atoms with E-state index in [0.717, 1.165) is 64.3 Å². The van der Waals surface area contributed by atoms with Crippen molar-refractivity contribution in [2.24, 2.45) is 5.41 Å². The van der Waals surface area contributed by atoms with Crippen LogP contribution in [0.1, 0.15) is 63.4 Å². The van der Waals surface area contributed by atoms with Gasteiger partial charge in [0, 0.05) is 33.6 Å².